The molecule has 1 aromatic carbocycles. The van der Waals surface area contributed by atoms with Gasteiger partial charge in [-0.05, 0) is 42.9 Å². The standard InChI is InChI=1S/C12H14BrFO/c1-7(8-2-3-8)12(15)10-6-9(13)4-5-11(10)14/h4-8,12,15H,2-3H2,1H3. The highest BCUT2D eigenvalue weighted by atomic mass is 79.9. The van der Waals surface area contributed by atoms with Crippen molar-refractivity contribution in [3.63, 3.8) is 0 Å². The van der Waals surface area contributed by atoms with Gasteiger partial charge in [0, 0.05) is 10.0 Å². The third-order valence-corrected chi connectivity index (χ3v) is 3.63. The van der Waals surface area contributed by atoms with E-state index in [0.717, 1.165) is 17.3 Å². The first-order valence-corrected chi connectivity index (χ1v) is 6.02. The molecule has 3 heteroatoms. The maximum Gasteiger partial charge on any atom is 0.129 e. The topological polar surface area (TPSA) is 20.2 Å². The number of aliphatic hydroxyl groups excluding tert-OH is 1. The Hall–Kier alpha value is -0.410. The molecule has 15 heavy (non-hydrogen) atoms. The molecule has 82 valence electrons. The van der Waals surface area contributed by atoms with Gasteiger partial charge in [0.05, 0.1) is 6.10 Å². The van der Waals surface area contributed by atoms with E-state index >= 15 is 0 Å². The van der Waals surface area contributed by atoms with Crippen LogP contribution in [-0.2, 0) is 0 Å². The van der Waals surface area contributed by atoms with Gasteiger partial charge in [-0.2, -0.15) is 0 Å². The maximum atomic E-state index is 13.5. The second-order valence-electron chi connectivity index (χ2n) is 4.31. The molecule has 1 nitrogen and oxygen atoms in total. The van der Waals surface area contributed by atoms with Crippen molar-refractivity contribution in [2.45, 2.75) is 25.9 Å². The highest BCUT2D eigenvalue weighted by Gasteiger charge is 2.34. The van der Waals surface area contributed by atoms with Crippen molar-refractivity contribution < 1.29 is 9.50 Å². The van der Waals surface area contributed by atoms with Crippen LogP contribution >= 0.6 is 15.9 Å². The average molecular weight is 273 g/mol. The number of hydrogen-bond donors (Lipinski definition) is 1. The predicted octanol–water partition coefficient (Wildman–Crippen LogP) is 3.67. The van der Waals surface area contributed by atoms with Crippen LogP contribution in [0.25, 0.3) is 0 Å². The quantitative estimate of drug-likeness (QED) is 0.890. The molecule has 0 heterocycles. The van der Waals surface area contributed by atoms with Crippen LogP contribution in [0.15, 0.2) is 22.7 Å². The van der Waals surface area contributed by atoms with E-state index in [9.17, 15) is 9.50 Å². The molecule has 0 aliphatic heterocycles. The summed E-state index contributed by atoms with van der Waals surface area (Å²) in [6.07, 6.45) is 1.64. The monoisotopic (exact) mass is 272 g/mol. The molecule has 0 aromatic heterocycles. The Morgan fingerprint density at radius 3 is 2.73 bits per heavy atom. The molecule has 2 atom stereocenters. The second kappa shape index (κ2) is 4.22. The van der Waals surface area contributed by atoms with E-state index in [-0.39, 0.29) is 11.7 Å². The fourth-order valence-corrected chi connectivity index (χ4v) is 2.28. The smallest absolute Gasteiger partial charge is 0.129 e. The van der Waals surface area contributed by atoms with Crippen molar-refractivity contribution in [1.29, 1.82) is 0 Å². The van der Waals surface area contributed by atoms with Crippen molar-refractivity contribution in [1.82, 2.24) is 0 Å². The third kappa shape index (κ3) is 2.40. The highest BCUT2D eigenvalue weighted by Crippen LogP contribution is 2.43. The molecule has 1 aliphatic carbocycles. The van der Waals surface area contributed by atoms with Gasteiger partial charge in [0.1, 0.15) is 5.82 Å². The molecule has 1 fully saturated rings. The second-order valence-corrected chi connectivity index (χ2v) is 5.22. The summed E-state index contributed by atoms with van der Waals surface area (Å²) in [5.74, 6) is 0.394. The van der Waals surface area contributed by atoms with Gasteiger partial charge in [-0.25, -0.2) is 4.39 Å². The minimum absolute atomic E-state index is 0.147. The first-order valence-electron chi connectivity index (χ1n) is 5.22. The van der Waals surface area contributed by atoms with Crippen LogP contribution in [0.4, 0.5) is 4.39 Å². The van der Waals surface area contributed by atoms with Gasteiger partial charge in [0.2, 0.25) is 0 Å². The van der Waals surface area contributed by atoms with Gasteiger partial charge in [-0.15, -0.1) is 0 Å². The van der Waals surface area contributed by atoms with Gasteiger partial charge < -0.3 is 5.11 Å². The van der Waals surface area contributed by atoms with Crippen LogP contribution in [0.1, 0.15) is 31.4 Å². The fraction of sp³-hybridized carbons (Fsp3) is 0.500. The van der Waals surface area contributed by atoms with Gasteiger partial charge in [0.15, 0.2) is 0 Å². The van der Waals surface area contributed by atoms with Crippen LogP contribution in [0.5, 0.6) is 0 Å². The van der Waals surface area contributed by atoms with Crippen molar-refractivity contribution >= 4 is 15.9 Å². The van der Waals surface area contributed by atoms with Gasteiger partial charge in [-0.1, -0.05) is 22.9 Å². The van der Waals surface area contributed by atoms with E-state index in [1.165, 1.54) is 6.07 Å². The largest absolute Gasteiger partial charge is 0.388 e. The number of hydrogen-bond acceptors (Lipinski definition) is 1. The van der Waals surface area contributed by atoms with Crippen LogP contribution in [0, 0.1) is 17.7 Å². The van der Waals surface area contributed by atoms with Gasteiger partial charge in [-0.3, -0.25) is 0 Å². The van der Waals surface area contributed by atoms with Gasteiger partial charge >= 0.3 is 0 Å². The summed E-state index contributed by atoms with van der Waals surface area (Å²) in [7, 11) is 0. The highest BCUT2D eigenvalue weighted by molar-refractivity contribution is 9.10. The SMILES string of the molecule is CC(C1CC1)C(O)c1cc(Br)ccc1F. The Labute approximate surface area is 97.4 Å². The fourth-order valence-electron chi connectivity index (χ4n) is 1.90. The molecule has 0 amide bonds. The molecular weight excluding hydrogens is 259 g/mol. The lowest BCUT2D eigenvalue weighted by atomic mass is 9.93. The lowest BCUT2D eigenvalue weighted by Crippen LogP contribution is -2.12. The zero-order chi connectivity index (χ0) is 11.0. The van der Waals surface area contributed by atoms with E-state index < -0.39 is 6.10 Å². The molecule has 2 rings (SSSR count). The zero-order valence-corrected chi connectivity index (χ0v) is 10.2. The first-order chi connectivity index (χ1) is 7.09. The van der Waals surface area contributed by atoms with Crippen molar-refractivity contribution in [3.8, 4) is 0 Å². The third-order valence-electron chi connectivity index (χ3n) is 3.14. The van der Waals surface area contributed by atoms with Crippen molar-refractivity contribution in [2.24, 2.45) is 11.8 Å². The van der Waals surface area contributed by atoms with Crippen molar-refractivity contribution in [2.75, 3.05) is 0 Å². The molecule has 0 spiro atoms. The summed E-state index contributed by atoms with van der Waals surface area (Å²) in [4.78, 5) is 0. The zero-order valence-electron chi connectivity index (χ0n) is 8.58. The first kappa shape index (κ1) is 11.1. The molecule has 1 N–H and O–H groups in total. The van der Waals surface area contributed by atoms with Crippen LogP contribution in [0.2, 0.25) is 0 Å². The molecule has 1 aliphatic rings. The van der Waals surface area contributed by atoms with E-state index in [1.807, 2.05) is 6.92 Å². The van der Waals surface area contributed by atoms with Gasteiger partial charge in [0.25, 0.3) is 0 Å². The van der Waals surface area contributed by atoms with Crippen molar-refractivity contribution in [3.05, 3.63) is 34.1 Å². The number of rotatable bonds is 3. The van der Waals surface area contributed by atoms with E-state index in [4.69, 9.17) is 0 Å². The summed E-state index contributed by atoms with van der Waals surface area (Å²) in [5.41, 5.74) is 0.406. The Morgan fingerprint density at radius 2 is 2.13 bits per heavy atom. The average Bonchev–Trinajstić information content (AvgIpc) is 3.03. The molecule has 1 saturated carbocycles. The Morgan fingerprint density at radius 1 is 1.47 bits per heavy atom. The predicted molar refractivity (Wildman–Crippen MR) is 60.9 cm³/mol. The normalized spacial score (nSPS) is 20.0. The summed E-state index contributed by atoms with van der Waals surface area (Å²) in [6, 6.07) is 4.70. The number of aliphatic hydroxyl groups is 1. The van der Waals surface area contributed by atoms with Crippen LogP contribution in [0.3, 0.4) is 0 Å². The molecule has 0 bridgehead atoms. The minimum Gasteiger partial charge on any atom is -0.388 e. The molecule has 0 radical (unpaired) electrons. The minimum atomic E-state index is -0.685. The number of halogens is 2. The van der Waals surface area contributed by atoms with Crippen LogP contribution < -0.4 is 0 Å². The number of benzene rings is 1. The lowest BCUT2D eigenvalue weighted by molar-refractivity contribution is 0.102. The van der Waals surface area contributed by atoms with E-state index in [0.29, 0.717) is 11.5 Å². The molecular formula is C12H14BrFO. The molecule has 0 saturated heterocycles. The summed E-state index contributed by atoms with van der Waals surface area (Å²) >= 11 is 3.29. The Kier molecular flexibility index (Phi) is 3.12. The van der Waals surface area contributed by atoms with E-state index in [1.54, 1.807) is 12.1 Å². The Bertz CT molecular complexity index is 363. The maximum absolute atomic E-state index is 13.5. The lowest BCUT2D eigenvalue weighted by Gasteiger charge is -2.19. The summed E-state index contributed by atoms with van der Waals surface area (Å²) in [6.45, 7) is 1.99. The summed E-state index contributed by atoms with van der Waals surface area (Å²) in [5, 5.41) is 10.0. The Balaban J connectivity index is 2.23. The molecule has 1 aromatic rings. The van der Waals surface area contributed by atoms with E-state index in [2.05, 4.69) is 15.9 Å². The molecule has 2 unspecified atom stereocenters. The van der Waals surface area contributed by atoms with Crippen LogP contribution in [-0.4, -0.2) is 5.11 Å². The summed E-state index contributed by atoms with van der Waals surface area (Å²) < 4.78 is 14.3.